The predicted octanol–water partition coefficient (Wildman–Crippen LogP) is 1.98. The lowest BCUT2D eigenvalue weighted by Crippen LogP contribution is -2.35. The van der Waals surface area contributed by atoms with Gasteiger partial charge in [0, 0.05) is 6.54 Å². The van der Waals surface area contributed by atoms with E-state index < -0.39 is 0 Å². The lowest BCUT2D eigenvalue weighted by atomic mass is 10.0. The molecule has 0 aromatic carbocycles. The Balaban J connectivity index is 1.76. The van der Waals surface area contributed by atoms with E-state index in [0.29, 0.717) is 11.8 Å². The fourth-order valence-electron chi connectivity index (χ4n) is 2.92. The summed E-state index contributed by atoms with van der Waals surface area (Å²) in [4.78, 5) is 14.0. The Morgan fingerprint density at radius 3 is 2.62 bits per heavy atom. The number of hydrogen-bond acceptors (Lipinski definition) is 2. The molecule has 2 aliphatic rings. The van der Waals surface area contributed by atoms with Crippen molar-refractivity contribution in [1.29, 1.82) is 0 Å². The molecule has 0 radical (unpaired) electrons. The molecule has 92 valence electrons. The molecule has 1 aliphatic carbocycles. The average molecular weight is 224 g/mol. The summed E-state index contributed by atoms with van der Waals surface area (Å²) in [5.41, 5.74) is 0. The van der Waals surface area contributed by atoms with Crippen molar-refractivity contribution in [3.63, 3.8) is 0 Å². The van der Waals surface area contributed by atoms with Gasteiger partial charge in [0.2, 0.25) is 5.91 Å². The molecule has 1 N–H and O–H groups in total. The Bertz CT molecular complexity index is 246. The van der Waals surface area contributed by atoms with Crippen LogP contribution in [-0.4, -0.2) is 30.1 Å². The molecule has 3 nitrogen and oxygen atoms in total. The van der Waals surface area contributed by atoms with Crippen molar-refractivity contribution in [2.24, 2.45) is 11.8 Å². The number of rotatable bonds is 4. The van der Waals surface area contributed by atoms with Gasteiger partial charge in [-0.2, -0.15) is 0 Å². The highest BCUT2D eigenvalue weighted by molar-refractivity contribution is 5.83. The molecule has 1 heterocycles. The normalized spacial score (nSPS) is 27.3. The van der Waals surface area contributed by atoms with Crippen molar-refractivity contribution >= 4 is 5.91 Å². The van der Waals surface area contributed by atoms with Gasteiger partial charge in [0.15, 0.2) is 0 Å². The van der Waals surface area contributed by atoms with Gasteiger partial charge in [0.05, 0.1) is 12.7 Å². The third-order valence-corrected chi connectivity index (χ3v) is 4.03. The maximum atomic E-state index is 12.0. The van der Waals surface area contributed by atoms with Crippen LogP contribution in [0.2, 0.25) is 0 Å². The molecule has 16 heavy (non-hydrogen) atoms. The third kappa shape index (κ3) is 2.57. The highest BCUT2D eigenvalue weighted by Gasteiger charge is 2.33. The minimum atomic E-state index is 0.0589. The summed E-state index contributed by atoms with van der Waals surface area (Å²) in [6.45, 7) is 5.93. The summed E-state index contributed by atoms with van der Waals surface area (Å²) in [7, 11) is 0. The van der Waals surface area contributed by atoms with Crippen LogP contribution in [0.5, 0.6) is 0 Å². The van der Waals surface area contributed by atoms with Gasteiger partial charge < -0.3 is 4.90 Å². The third-order valence-electron chi connectivity index (χ3n) is 4.03. The molecule has 3 heteroatoms. The molecule has 0 aromatic heterocycles. The smallest absolute Gasteiger partial charge is 0.241 e. The summed E-state index contributed by atoms with van der Waals surface area (Å²) in [5.74, 6) is 1.60. The van der Waals surface area contributed by atoms with Crippen LogP contribution in [0.25, 0.3) is 0 Å². The van der Waals surface area contributed by atoms with Crippen LogP contribution in [0, 0.1) is 11.8 Å². The molecule has 2 fully saturated rings. The molecule has 1 saturated heterocycles. The summed E-state index contributed by atoms with van der Waals surface area (Å²) < 4.78 is 0. The number of hydrogen-bond donors (Lipinski definition) is 1. The fraction of sp³-hybridized carbons (Fsp3) is 0.923. The van der Waals surface area contributed by atoms with Crippen LogP contribution >= 0.6 is 0 Å². The summed E-state index contributed by atoms with van der Waals surface area (Å²) in [6, 6.07) is 0.0589. The van der Waals surface area contributed by atoms with E-state index in [2.05, 4.69) is 19.2 Å². The van der Waals surface area contributed by atoms with Crippen molar-refractivity contribution in [2.75, 3.05) is 13.2 Å². The van der Waals surface area contributed by atoms with E-state index in [4.69, 9.17) is 0 Å². The van der Waals surface area contributed by atoms with Gasteiger partial charge in [-0.05, 0) is 18.3 Å². The van der Waals surface area contributed by atoms with Crippen molar-refractivity contribution in [3.05, 3.63) is 0 Å². The molecular formula is C13H24N2O. The first-order valence-electron chi connectivity index (χ1n) is 6.70. The topological polar surface area (TPSA) is 32.3 Å². The minimum absolute atomic E-state index is 0.0589. The highest BCUT2D eigenvalue weighted by Crippen LogP contribution is 2.28. The van der Waals surface area contributed by atoms with Crippen molar-refractivity contribution in [3.8, 4) is 0 Å². The molecule has 1 saturated carbocycles. The van der Waals surface area contributed by atoms with Crippen LogP contribution in [0.4, 0.5) is 0 Å². The Morgan fingerprint density at radius 1 is 1.38 bits per heavy atom. The summed E-state index contributed by atoms with van der Waals surface area (Å²) >= 11 is 0. The molecule has 0 aromatic rings. The van der Waals surface area contributed by atoms with E-state index in [1.807, 2.05) is 4.90 Å². The van der Waals surface area contributed by atoms with Crippen molar-refractivity contribution in [1.82, 2.24) is 10.2 Å². The lowest BCUT2D eigenvalue weighted by Gasteiger charge is -2.18. The van der Waals surface area contributed by atoms with Crippen LogP contribution < -0.4 is 5.32 Å². The zero-order valence-electron chi connectivity index (χ0n) is 10.5. The molecule has 1 atom stereocenters. The SMILES string of the molecule is CC(C)C1NCN(CCC2CCCC2)C1=O. The Kier molecular flexibility index (Phi) is 3.85. The van der Waals surface area contributed by atoms with E-state index in [9.17, 15) is 4.79 Å². The minimum Gasteiger partial charge on any atom is -0.329 e. The van der Waals surface area contributed by atoms with E-state index in [1.165, 1.54) is 32.1 Å². The van der Waals surface area contributed by atoms with Gasteiger partial charge in [-0.15, -0.1) is 0 Å². The van der Waals surface area contributed by atoms with E-state index in [0.717, 1.165) is 19.1 Å². The molecule has 0 spiro atoms. The van der Waals surface area contributed by atoms with Crippen LogP contribution in [0.15, 0.2) is 0 Å². The van der Waals surface area contributed by atoms with Crippen LogP contribution in [0.1, 0.15) is 46.0 Å². The van der Waals surface area contributed by atoms with E-state index in [-0.39, 0.29) is 6.04 Å². The monoisotopic (exact) mass is 224 g/mol. The molecule has 2 rings (SSSR count). The zero-order chi connectivity index (χ0) is 11.5. The van der Waals surface area contributed by atoms with Gasteiger partial charge in [-0.1, -0.05) is 39.5 Å². The number of amides is 1. The second-order valence-electron chi connectivity index (χ2n) is 5.62. The van der Waals surface area contributed by atoms with E-state index >= 15 is 0 Å². The van der Waals surface area contributed by atoms with Crippen molar-refractivity contribution < 1.29 is 4.79 Å². The van der Waals surface area contributed by atoms with Gasteiger partial charge in [-0.25, -0.2) is 0 Å². The zero-order valence-corrected chi connectivity index (χ0v) is 10.5. The predicted molar refractivity (Wildman–Crippen MR) is 64.9 cm³/mol. The summed E-state index contributed by atoms with van der Waals surface area (Å²) in [6.07, 6.45) is 6.75. The number of nitrogens with one attached hydrogen (secondary N) is 1. The van der Waals surface area contributed by atoms with Crippen LogP contribution in [-0.2, 0) is 4.79 Å². The molecule has 1 amide bonds. The van der Waals surface area contributed by atoms with Gasteiger partial charge >= 0.3 is 0 Å². The maximum Gasteiger partial charge on any atom is 0.241 e. The Hall–Kier alpha value is -0.570. The Labute approximate surface area is 98.6 Å². The largest absolute Gasteiger partial charge is 0.329 e. The van der Waals surface area contributed by atoms with Gasteiger partial charge in [0.1, 0.15) is 0 Å². The fourth-order valence-corrected chi connectivity index (χ4v) is 2.92. The second kappa shape index (κ2) is 5.17. The molecule has 1 unspecified atom stereocenters. The number of carbonyl (C=O) groups is 1. The number of carbonyl (C=O) groups excluding carboxylic acids is 1. The van der Waals surface area contributed by atoms with Crippen LogP contribution in [0.3, 0.4) is 0 Å². The number of nitrogens with zero attached hydrogens (tertiary/aromatic N) is 1. The first kappa shape index (κ1) is 11.9. The highest BCUT2D eigenvalue weighted by atomic mass is 16.2. The maximum absolute atomic E-state index is 12.0. The quantitative estimate of drug-likeness (QED) is 0.792. The standard InChI is InChI=1S/C13H24N2O/c1-10(2)12-13(16)15(9-14-12)8-7-11-5-3-4-6-11/h10-12,14H,3-9H2,1-2H3. The van der Waals surface area contributed by atoms with Gasteiger partial charge in [0.25, 0.3) is 0 Å². The van der Waals surface area contributed by atoms with E-state index in [1.54, 1.807) is 0 Å². The lowest BCUT2D eigenvalue weighted by molar-refractivity contribution is -0.129. The van der Waals surface area contributed by atoms with Gasteiger partial charge in [-0.3, -0.25) is 10.1 Å². The first-order chi connectivity index (χ1) is 7.68. The average Bonchev–Trinajstić information content (AvgIpc) is 2.84. The summed E-state index contributed by atoms with van der Waals surface area (Å²) in [5, 5.41) is 3.31. The Morgan fingerprint density at radius 2 is 2.06 bits per heavy atom. The first-order valence-corrected chi connectivity index (χ1v) is 6.70. The molecular weight excluding hydrogens is 200 g/mol. The van der Waals surface area contributed by atoms with Crippen molar-refractivity contribution in [2.45, 2.75) is 52.0 Å². The molecule has 0 bridgehead atoms. The second-order valence-corrected chi connectivity index (χ2v) is 5.62. The molecule has 1 aliphatic heterocycles.